The van der Waals surface area contributed by atoms with Crippen molar-refractivity contribution in [3.8, 4) is 0 Å². The van der Waals surface area contributed by atoms with Crippen LogP contribution in [0.3, 0.4) is 0 Å². The normalized spacial score (nSPS) is 13.2. The summed E-state index contributed by atoms with van der Waals surface area (Å²) < 4.78 is 7.39. The standard InChI is InChI=1S/C13H20N4O/c1-9(2)13-15-12(18-16-13)8-17-7-5-6-11(17)10(3)14-4/h5-7,9-10,14H,8H2,1-4H3. The molecular weight excluding hydrogens is 228 g/mol. The van der Waals surface area contributed by atoms with Crippen molar-refractivity contribution < 1.29 is 4.52 Å². The molecule has 1 unspecified atom stereocenters. The van der Waals surface area contributed by atoms with Crippen LogP contribution in [0, 0.1) is 0 Å². The van der Waals surface area contributed by atoms with Crippen molar-refractivity contribution in [2.24, 2.45) is 0 Å². The highest BCUT2D eigenvalue weighted by atomic mass is 16.5. The third kappa shape index (κ3) is 2.61. The first kappa shape index (κ1) is 12.8. The molecule has 0 saturated carbocycles. The highest BCUT2D eigenvalue weighted by Gasteiger charge is 2.13. The molecule has 0 radical (unpaired) electrons. The molecule has 5 heteroatoms. The lowest BCUT2D eigenvalue weighted by Crippen LogP contribution is -2.17. The van der Waals surface area contributed by atoms with Gasteiger partial charge in [0.15, 0.2) is 5.82 Å². The maximum atomic E-state index is 5.27. The van der Waals surface area contributed by atoms with Crippen molar-refractivity contribution in [1.82, 2.24) is 20.0 Å². The summed E-state index contributed by atoms with van der Waals surface area (Å²) in [4.78, 5) is 4.39. The van der Waals surface area contributed by atoms with Crippen LogP contribution in [0.4, 0.5) is 0 Å². The average Bonchev–Trinajstić information content (AvgIpc) is 2.97. The molecule has 0 aromatic carbocycles. The molecule has 0 fully saturated rings. The fourth-order valence-corrected chi connectivity index (χ4v) is 1.82. The Balaban J connectivity index is 2.15. The molecule has 0 aliphatic heterocycles. The smallest absolute Gasteiger partial charge is 0.246 e. The van der Waals surface area contributed by atoms with Gasteiger partial charge in [0.25, 0.3) is 0 Å². The van der Waals surface area contributed by atoms with Crippen molar-refractivity contribution in [2.45, 2.75) is 39.3 Å². The van der Waals surface area contributed by atoms with Gasteiger partial charge in [0.1, 0.15) is 6.54 Å². The zero-order valence-corrected chi connectivity index (χ0v) is 11.3. The van der Waals surface area contributed by atoms with Crippen LogP contribution in [0.25, 0.3) is 0 Å². The quantitative estimate of drug-likeness (QED) is 0.882. The monoisotopic (exact) mass is 248 g/mol. The highest BCUT2D eigenvalue weighted by molar-refractivity contribution is 5.12. The van der Waals surface area contributed by atoms with Crippen molar-refractivity contribution in [2.75, 3.05) is 7.05 Å². The molecule has 2 aromatic heterocycles. The first-order chi connectivity index (χ1) is 8.61. The summed E-state index contributed by atoms with van der Waals surface area (Å²) in [5.41, 5.74) is 1.21. The van der Waals surface area contributed by atoms with Crippen molar-refractivity contribution in [3.05, 3.63) is 35.7 Å². The Kier molecular flexibility index (Phi) is 3.81. The van der Waals surface area contributed by atoms with Crippen LogP contribution in [0.2, 0.25) is 0 Å². The minimum absolute atomic E-state index is 0.294. The van der Waals surface area contributed by atoms with Gasteiger partial charge in [-0.3, -0.25) is 0 Å². The summed E-state index contributed by atoms with van der Waals surface area (Å²) >= 11 is 0. The molecule has 1 atom stereocenters. The largest absolute Gasteiger partial charge is 0.341 e. The fraction of sp³-hybridized carbons (Fsp3) is 0.538. The van der Waals surface area contributed by atoms with Gasteiger partial charge in [0.2, 0.25) is 5.89 Å². The lowest BCUT2D eigenvalue weighted by atomic mass is 10.2. The van der Waals surface area contributed by atoms with E-state index in [1.807, 2.05) is 19.3 Å². The second kappa shape index (κ2) is 5.35. The van der Waals surface area contributed by atoms with Crippen LogP contribution < -0.4 is 5.32 Å². The zero-order chi connectivity index (χ0) is 13.1. The molecule has 5 nitrogen and oxygen atoms in total. The van der Waals surface area contributed by atoms with Crippen LogP contribution in [0.15, 0.2) is 22.9 Å². The van der Waals surface area contributed by atoms with Crippen LogP contribution >= 0.6 is 0 Å². The molecule has 2 heterocycles. The lowest BCUT2D eigenvalue weighted by molar-refractivity contribution is 0.362. The van der Waals surface area contributed by atoms with E-state index in [1.54, 1.807) is 0 Å². The maximum absolute atomic E-state index is 5.27. The molecule has 2 aromatic rings. The Morgan fingerprint density at radius 3 is 2.78 bits per heavy atom. The Bertz CT molecular complexity index is 501. The maximum Gasteiger partial charge on any atom is 0.246 e. The van der Waals surface area contributed by atoms with Crippen LogP contribution in [0.1, 0.15) is 50.1 Å². The molecule has 2 rings (SSSR count). The predicted octanol–water partition coefficient (Wildman–Crippen LogP) is 2.32. The van der Waals surface area contributed by atoms with Gasteiger partial charge in [0, 0.05) is 23.9 Å². The second-order valence-corrected chi connectivity index (χ2v) is 4.77. The van der Waals surface area contributed by atoms with Crippen molar-refractivity contribution in [1.29, 1.82) is 0 Å². The van der Waals surface area contributed by atoms with E-state index in [0.29, 0.717) is 24.4 Å². The molecule has 18 heavy (non-hydrogen) atoms. The van der Waals surface area contributed by atoms with E-state index in [0.717, 1.165) is 5.82 Å². The van der Waals surface area contributed by atoms with E-state index in [2.05, 4.69) is 46.9 Å². The first-order valence-electron chi connectivity index (χ1n) is 6.26. The second-order valence-electron chi connectivity index (χ2n) is 4.77. The zero-order valence-electron chi connectivity index (χ0n) is 11.3. The molecule has 0 amide bonds. The summed E-state index contributed by atoms with van der Waals surface area (Å²) in [6.07, 6.45) is 2.03. The molecule has 1 N–H and O–H groups in total. The predicted molar refractivity (Wildman–Crippen MR) is 69.4 cm³/mol. The number of hydrogen-bond acceptors (Lipinski definition) is 4. The molecule has 0 aliphatic rings. The van der Waals surface area contributed by atoms with E-state index in [-0.39, 0.29) is 0 Å². The Labute approximate surface area is 107 Å². The third-order valence-corrected chi connectivity index (χ3v) is 3.05. The Morgan fingerprint density at radius 2 is 2.17 bits per heavy atom. The molecule has 0 bridgehead atoms. The third-order valence-electron chi connectivity index (χ3n) is 3.05. The summed E-state index contributed by atoms with van der Waals surface area (Å²) in [5, 5.41) is 7.21. The van der Waals surface area contributed by atoms with Gasteiger partial charge in [-0.2, -0.15) is 4.98 Å². The van der Waals surface area contributed by atoms with E-state index in [4.69, 9.17) is 4.52 Å². The first-order valence-corrected chi connectivity index (χ1v) is 6.26. The summed E-state index contributed by atoms with van der Waals surface area (Å²) in [6, 6.07) is 4.43. The minimum atomic E-state index is 0.294. The summed E-state index contributed by atoms with van der Waals surface area (Å²) in [7, 11) is 1.95. The number of rotatable bonds is 5. The number of hydrogen-bond donors (Lipinski definition) is 1. The van der Waals surface area contributed by atoms with Gasteiger partial charge in [-0.15, -0.1) is 0 Å². The van der Waals surface area contributed by atoms with Gasteiger partial charge in [0.05, 0.1) is 0 Å². The van der Waals surface area contributed by atoms with E-state index in [9.17, 15) is 0 Å². The summed E-state index contributed by atoms with van der Waals surface area (Å²) in [6.45, 7) is 6.85. The summed E-state index contributed by atoms with van der Waals surface area (Å²) in [5.74, 6) is 1.71. The van der Waals surface area contributed by atoms with Gasteiger partial charge in [-0.1, -0.05) is 19.0 Å². The molecule has 98 valence electrons. The Morgan fingerprint density at radius 1 is 1.39 bits per heavy atom. The fourth-order valence-electron chi connectivity index (χ4n) is 1.82. The van der Waals surface area contributed by atoms with E-state index < -0.39 is 0 Å². The molecule has 0 aliphatic carbocycles. The van der Waals surface area contributed by atoms with Gasteiger partial charge >= 0.3 is 0 Å². The van der Waals surface area contributed by atoms with Crippen LogP contribution in [-0.2, 0) is 6.54 Å². The van der Waals surface area contributed by atoms with Gasteiger partial charge in [-0.25, -0.2) is 0 Å². The number of nitrogens with zero attached hydrogens (tertiary/aromatic N) is 3. The van der Waals surface area contributed by atoms with Crippen LogP contribution in [0.5, 0.6) is 0 Å². The Hall–Kier alpha value is -1.62. The molecule has 0 saturated heterocycles. The van der Waals surface area contributed by atoms with Gasteiger partial charge < -0.3 is 14.4 Å². The molecule has 0 spiro atoms. The number of aromatic nitrogens is 3. The highest BCUT2D eigenvalue weighted by Crippen LogP contribution is 2.15. The topological polar surface area (TPSA) is 55.9 Å². The van der Waals surface area contributed by atoms with Crippen molar-refractivity contribution >= 4 is 0 Å². The van der Waals surface area contributed by atoms with Crippen molar-refractivity contribution in [3.63, 3.8) is 0 Å². The average molecular weight is 248 g/mol. The van der Waals surface area contributed by atoms with E-state index in [1.165, 1.54) is 5.69 Å². The molecular formula is C13H20N4O. The SMILES string of the molecule is CNC(C)c1cccn1Cc1nc(C(C)C)no1. The lowest BCUT2D eigenvalue weighted by Gasteiger charge is -2.13. The van der Waals surface area contributed by atoms with E-state index >= 15 is 0 Å². The minimum Gasteiger partial charge on any atom is -0.341 e. The van der Waals surface area contributed by atoms with Gasteiger partial charge in [-0.05, 0) is 26.1 Å². The number of nitrogens with one attached hydrogen (secondary N) is 1. The van der Waals surface area contributed by atoms with Crippen LogP contribution in [-0.4, -0.2) is 21.8 Å².